The molecule has 0 saturated heterocycles. The van der Waals surface area contributed by atoms with E-state index in [0.29, 0.717) is 5.25 Å². The maximum absolute atomic E-state index is 8.56. The van der Waals surface area contributed by atoms with Crippen LogP contribution in [0.4, 0.5) is 0 Å². The normalized spacial score (nSPS) is 16.2. The lowest BCUT2D eigenvalue weighted by Gasteiger charge is -2.11. The third-order valence-electron chi connectivity index (χ3n) is 1.54. The molecule has 0 fully saturated rings. The molecule has 0 unspecified atom stereocenters. The number of hydrogen-bond acceptors (Lipinski definition) is 2. The standard InChI is InChI=1S/C7H13NS/c1-4-7(5-8)6(2)9-3/h6-7H,4H2,1-3H3/t6-,7-/m0/s1. The molecule has 0 saturated carbocycles. The molecule has 0 aromatic carbocycles. The minimum absolute atomic E-state index is 0.236. The van der Waals surface area contributed by atoms with Gasteiger partial charge in [-0.3, -0.25) is 0 Å². The van der Waals surface area contributed by atoms with E-state index in [1.807, 2.05) is 6.26 Å². The topological polar surface area (TPSA) is 23.8 Å². The summed E-state index contributed by atoms with van der Waals surface area (Å²) < 4.78 is 0. The van der Waals surface area contributed by atoms with Gasteiger partial charge >= 0.3 is 0 Å². The van der Waals surface area contributed by atoms with Crippen molar-refractivity contribution >= 4 is 11.8 Å². The molecule has 0 aromatic heterocycles. The van der Waals surface area contributed by atoms with Crippen LogP contribution in [0.5, 0.6) is 0 Å². The molecule has 0 radical (unpaired) electrons. The SMILES string of the molecule is CC[C@@H](C#N)[C@H](C)SC. The highest BCUT2D eigenvalue weighted by Crippen LogP contribution is 2.18. The summed E-state index contributed by atoms with van der Waals surface area (Å²) in [7, 11) is 0. The average molecular weight is 143 g/mol. The van der Waals surface area contributed by atoms with Gasteiger partial charge in [-0.15, -0.1) is 0 Å². The van der Waals surface area contributed by atoms with Gasteiger partial charge in [0.1, 0.15) is 0 Å². The second kappa shape index (κ2) is 4.69. The molecule has 0 aliphatic heterocycles. The van der Waals surface area contributed by atoms with E-state index in [9.17, 15) is 0 Å². The van der Waals surface area contributed by atoms with Crippen LogP contribution in [0, 0.1) is 17.2 Å². The molecule has 1 nitrogen and oxygen atoms in total. The smallest absolute Gasteiger partial charge is 0.0667 e. The van der Waals surface area contributed by atoms with Crippen LogP contribution in [0.1, 0.15) is 20.3 Å². The van der Waals surface area contributed by atoms with Crippen LogP contribution >= 0.6 is 11.8 Å². The van der Waals surface area contributed by atoms with Crippen LogP contribution in [0.25, 0.3) is 0 Å². The molecular formula is C7H13NS. The van der Waals surface area contributed by atoms with Crippen molar-refractivity contribution in [2.24, 2.45) is 5.92 Å². The van der Waals surface area contributed by atoms with Crippen LogP contribution in [-0.4, -0.2) is 11.5 Å². The first-order chi connectivity index (χ1) is 4.26. The minimum atomic E-state index is 0.236. The summed E-state index contributed by atoms with van der Waals surface area (Å²) in [5, 5.41) is 9.05. The number of nitrogens with zero attached hydrogens (tertiary/aromatic N) is 1. The highest BCUT2D eigenvalue weighted by atomic mass is 32.2. The molecule has 52 valence electrons. The van der Waals surface area contributed by atoms with Crippen molar-refractivity contribution in [3.05, 3.63) is 0 Å². The zero-order valence-electron chi connectivity index (χ0n) is 6.22. The van der Waals surface area contributed by atoms with E-state index >= 15 is 0 Å². The molecule has 0 aliphatic carbocycles. The molecule has 0 heterocycles. The third-order valence-corrected chi connectivity index (χ3v) is 2.62. The van der Waals surface area contributed by atoms with Crippen molar-refractivity contribution < 1.29 is 0 Å². The first-order valence-corrected chi connectivity index (χ1v) is 4.47. The van der Waals surface area contributed by atoms with E-state index in [0.717, 1.165) is 6.42 Å². The van der Waals surface area contributed by atoms with Crippen molar-refractivity contribution in [3.63, 3.8) is 0 Å². The molecule has 0 bridgehead atoms. The molecule has 2 heteroatoms. The van der Waals surface area contributed by atoms with Gasteiger partial charge in [0, 0.05) is 5.25 Å². The summed E-state index contributed by atoms with van der Waals surface area (Å²) in [5.41, 5.74) is 0. The molecule has 0 aliphatic rings. The predicted molar refractivity (Wildman–Crippen MR) is 42.4 cm³/mol. The Bertz CT molecular complexity index is 106. The molecule has 0 rings (SSSR count). The van der Waals surface area contributed by atoms with Gasteiger partial charge in [-0.25, -0.2) is 0 Å². The minimum Gasteiger partial charge on any atom is -0.198 e. The monoisotopic (exact) mass is 143 g/mol. The molecule has 0 amide bonds. The molecular weight excluding hydrogens is 130 g/mol. The van der Waals surface area contributed by atoms with E-state index in [-0.39, 0.29) is 5.92 Å². The lowest BCUT2D eigenvalue weighted by molar-refractivity contribution is 0.635. The lowest BCUT2D eigenvalue weighted by Crippen LogP contribution is -2.09. The van der Waals surface area contributed by atoms with E-state index < -0.39 is 0 Å². The Balaban J connectivity index is 3.68. The fourth-order valence-corrected chi connectivity index (χ4v) is 1.27. The van der Waals surface area contributed by atoms with Gasteiger partial charge in [0.25, 0.3) is 0 Å². The van der Waals surface area contributed by atoms with Crippen molar-refractivity contribution in [2.45, 2.75) is 25.5 Å². The van der Waals surface area contributed by atoms with Gasteiger partial charge in [-0.2, -0.15) is 17.0 Å². The van der Waals surface area contributed by atoms with Crippen molar-refractivity contribution in [1.29, 1.82) is 5.26 Å². The molecule has 9 heavy (non-hydrogen) atoms. The van der Waals surface area contributed by atoms with Crippen LogP contribution < -0.4 is 0 Å². The van der Waals surface area contributed by atoms with Crippen LogP contribution in [0.3, 0.4) is 0 Å². The summed E-state index contributed by atoms with van der Waals surface area (Å²) >= 11 is 1.76. The summed E-state index contributed by atoms with van der Waals surface area (Å²) in [6.45, 7) is 4.16. The van der Waals surface area contributed by atoms with Gasteiger partial charge in [0.05, 0.1) is 12.0 Å². The number of thioether (sulfide) groups is 1. The molecule has 0 N–H and O–H groups in total. The number of nitriles is 1. The average Bonchev–Trinajstić information content (AvgIpc) is 1.90. The second-order valence-electron chi connectivity index (χ2n) is 2.08. The Morgan fingerprint density at radius 2 is 2.22 bits per heavy atom. The quantitative estimate of drug-likeness (QED) is 0.605. The van der Waals surface area contributed by atoms with E-state index in [1.54, 1.807) is 11.8 Å². The van der Waals surface area contributed by atoms with Crippen molar-refractivity contribution in [1.82, 2.24) is 0 Å². The van der Waals surface area contributed by atoms with Crippen molar-refractivity contribution in [2.75, 3.05) is 6.26 Å². The first-order valence-electron chi connectivity index (χ1n) is 3.18. The third kappa shape index (κ3) is 2.76. The Morgan fingerprint density at radius 3 is 2.33 bits per heavy atom. The Morgan fingerprint density at radius 1 is 1.67 bits per heavy atom. The predicted octanol–water partition coefficient (Wildman–Crippen LogP) is 2.29. The fourth-order valence-electron chi connectivity index (χ4n) is 0.692. The van der Waals surface area contributed by atoms with Crippen LogP contribution in [-0.2, 0) is 0 Å². The summed E-state index contributed by atoms with van der Waals surface area (Å²) in [5.74, 6) is 0.236. The van der Waals surface area contributed by atoms with Crippen LogP contribution in [0.2, 0.25) is 0 Å². The van der Waals surface area contributed by atoms with E-state index in [4.69, 9.17) is 5.26 Å². The van der Waals surface area contributed by atoms with Gasteiger partial charge < -0.3 is 0 Å². The maximum Gasteiger partial charge on any atom is 0.0667 e. The lowest BCUT2D eigenvalue weighted by atomic mass is 10.1. The summed E-state index contributed by atoms with van der Waals surface area (Å²) in [6.07, 6.45) is 3.02. The number of rotatable bonds is 3. The van der Waals surface area contributed by atoms with Gasteiger partial charge in [0.2, 0.25) is 0 Å². The van der Waals surface area contributed by atoms with Gasteiger partial charge in [-0.1, -0.05) is 13.8 Å². The number of hydrogen-bond donors (Lipinski definition) is 0. The largest absolute Gasteiger partial charge is 0.198 e. The molecule has 0 spiro atoms. The first kappa shape index (κ1) is 8.84. The van der Waals surface area contributed by atoms with E-state index in [1.165, 1.54) is 0 Å². The Labute approximate surface area is 61.4 Å². The zero-order chi connectivity index (χ0) is 7.28. The highest BCUT2D eigenvalue weighted by molar-refractivity contribution is 7.99. The molecule has 0 aromatic rings. The Kier molecular flexibility index (Phi) is 4.61. The van der Waals surface area contributed by atoms with E-state index in [2.05, 4.69) is 19.9 Å². The van der Waals surface area contributed by atoms with Gasteiger partial charge in [-0.05, 0) is 12.7 Å². The second-order valence-corrected chi connectivity index (χ2v) is 3.30. The highest BCUT2D eigenvalue weighted by Gasteiger charge is 2.11. The zero-order valence-corrected chi connectivity index (χ0v) is 7.03. The fraction of sp³-hybridized carbons (Fsp3) is 0.857. The van der Waals surface area contributed by atoms with Crippen LogP contribution in [0.15, 0.2) is 0 Å². The Hall–Kier alpha value is -0.160. The summed E-state index contributed by atoms with van der Waals surface area (Å²) in [6, 6.07) is 2.28. The van der Waals surface area contributed by atoms with Gasteiger partial charge in [0.15, 0.2) is 0 Å². The maximum atomic E-state index is 8.56. The van der Waals surface area contributed by atoms with Crippen molar-refractivity contribution in [3.8, 4) is 6.07 Å². The molecule has 2 atom stereocenters. The summed E-state index contributed by atoms with van der Waals surface area (Å²) in [4.78, 5) is 0.